The molecule has 0 bridgehead atoms. The Hall–Kier alpha value is -2.06. The van der Waals surface area contributed by atoms with Gasteiger partial charge in [0.1, 0.15) is 11.5 Å². The Morgan fingerprint density at radius 1 is 1.26 bits per heavy atom. The first-order chi connectivity index (χ1) is 10.9. The lowest BCUT2D eigenvalue weighted by Crippen LogP contribution is -2.39. The molecule has 0 unspecified atom stereocenters. The third-order valence-corrected chi connectivity index (χ3v) is 4.92. The number of halogens is 1. The average molecular weight is 356 g/mol. The van der Waals surface area contributed by atoms with E-state index in [2.05, 4.69) is 5.10 Å². The quantitative estimate of drug-likeness (QED) is 0.786. The number of fused-ring (bicyclic) bond motifs is 1. The van der Waals surface area contributed by atoms with Crippen LogP contribution in [0.2, 0.25) is 0 Å². The van der Waals surface area contributed by atoms with Gasteiger partial charge in [-0.05, 0) is 5.56 Å². The minimum absolute atomic E-state index is 0.0697. The summed E-state index contributed by atoms with van der Waals surface area (Å²) in [5.41, 5.74) is 1.27. The second kappa shape index (κ2) is 6.21. The lowest BCUT2D eigenvalue weighted by atomic mass is 10.2. The average Bonchev–Trinajstić information content (AvgIpc) is 2.96. The lowest BCUT2D eigenvalue weighted by Gasteiger charge is -2.27. The van der Waals surface area contributed by atoms with Gasteiger partial charge in [0.25, 0.3) is 9.05 Å². The number of hydrogen-bond donors (Lipinski definition) is 0. The van der Waals surface area contributed by atoms with Crippen LogP contribution in [0.5, 0.6) is 0 Å². The molecule has 122 valence electrons. The van der Waals surface area contributed by atoms with E-state index in [1.54, 1.807) is 0 Å². The van der Waals surface area contributed by atoms with Crippen molar-refractivity contribution in [3.05, 3.63) is 47.8 Å². The third kappa shape index (κ3) is 3.48. The van der Waals surface area contributed by atoms with Crippen molar-refractivity contribution in [1.29, 1.82) is 0 Å². The summed E-state index contributed by atoms with van der Waals surface area (Å²) in [6.07, 6.45) is 0.704. The smallest absolute Gasteiger partial charge is 0.410 e. The summed E-state index contributed by atoms with van der Waals surface area (Å²) in [5.74, 6) is 0. The lowest BCUT2D eigenvalue weighted by molar-refractivity contribution is 0.0854. The highest BCUT2D eigenvalue weighted by atomic mass is 35.7. The monoisotopic (exact) mass is 355 g/mol. The van der Waals surface area contributed by atoms with Crippen LogP contribution in [0.3, 0.4) is 0 Å². The zero-order valence-electron chi connectivity index (χ0n) is 12.1. The molecule has 0 N–H and O–H groups in total. The van der Waals surface area contributed by atoms with Crippen molar-refractivity contribution in [2.75, 3.05) is 6.54 Å². The summed E-state index contributed by atoms with van der Waals surface area (Å²) < 4.78 is 29.9. The third-order valence-electron chi connectivity index (χ3n) is 3.56. The zero-order chi connectivity index (χ0) is 16.4. The number of rotatable bonds is 3. The van der Waals surface area contributed by atoms with Crippen molar-refractivity contribution in [1.82, 2.24) is 14.7 Å². The molecule has 1 amide bonds. The molecule has 1 aliphatic rings. The largest absolute Gasteiger partial charge is 0.445 e. The Labute approximate surface area is 137 Å². The fourth-order valence-corrected chi connectivity index (χ4v) is 3.40. The number of carbonyl (C=O) groups is 1. The maximum absolute atomic E-state index is 12.2. The highest BCUT2D eigenvalue weighted by Gasteiger charge is 2.29. The first kappa shape index (κ1) is 15.8. The molecule has 1 aliphatic heterocycles. The second-order valence-electron chi connectivity index (χ2n) is 5.08. The summed E-state index contributed by atoms with van der Waals surface area (Å²) in [6, 6.07) is 9.32. The van der Waals surface area contributed by atoms with Crippen LogP contribution in [0.1, 0.15) is 11.3 Å². The molecule has 0 saturated heterocycles. The van der Waals surface area contributed by atoms with Crippen LogP contribution in [-0.4, -0.2) is 35.7 Å². The van der Waals surface area contributed by atoms with Crippen molar-refractivity contribution in [3.8, 4) is 0 Å². The van der Waals surface area contributed by atoms with Crippen LogP contribution in [0.25, 0.3) is 0 Å². The van der Waals surface area contributed by atoms with E-state index in [4.69, 9.17) is 15.4 Å². The first-order valence-corrected chi connectivity index (χ1v) is 9.21. The van der Waals surface area contributed by atoms with E-state index in [1.165, 1.54) is 15.8 Å². The molecule has 0 radical (unpaired) electrons. The number of carbonyl (C=O) groups excluding carboxylic acids is 1. The van der Waals surface area contributed by atoms with Crippen molar-refractivity contribution in [2.45, 2.75) is 24.6 Å². The van der Waals surface area contributed by atoms with Gasteiger partial charge in [0, 0.05) is 17.2 Å². The molecule has 0 fully saturated rings. The second-order valence-corrected chi connectivity index (χ2v) is 7.61. The highest BCUT2D eigenvalue weighted by Crippen LogP contribution is 2.24. The minimum Gasteiger partial charge on any atom is -0.445 e. The fraction of sp³-hybridized carbons (Fsp3) is 0.286. The van der Waals surface area contributed by atoms with E-state index < -0.39 is 15.1 Å². The molecule has 23 heavy (non-hydrogen) atoms. The van der Waals surface area contributed by atoms with E-state index in [1.807, 2.05) is 30.3 Å². The molecule has 2 heterocycles. The van der Waals surface area contributed by atoms with Crippen molar-refractivity contribution >= 4 is 25.8 Å². The van der Waals surface area contributed by atoms with Crippen LogP contribution in [0, 0.1) is 0 Å². The molecule has 0 aliphatic carbocycles. The Morgan fingerprint density at radius 2 is 2.00 bits per heavy atom. The molecule has 0 saturated carbocycles. The maximum Gasteiger partial charge on any atom is 0.410 e. The number of amides is 1. The van der Waals surface area contributed by atoms with Gasteiger partial charge in [0.15, 0.2) is 0 Å². The standard InChI is InChI=1S/C14H14ClN3O4S/c15-23(20,21)13-8-16-18-7-6-17(9-12(13)18)14(19)22-10-11-4-2-1-3-5-11/h1-5,8H,6-7,9-10H2. The molecule has 0 spiro atoms. The maximum atomic E-state index is 12.2. The van der Waals surface area contributed by atoms with Crippen LogP contribution in [0.4, 0.5) is 4.79 Å². The minimum atomic E-state index is -3.90. The Kier molecular flexibility index (Phi) is 4.27. The summed E-state index contributed by atoms with van der Waals surface area (Å²) in [6.45, 7) is 1.04. The Balaban J connectivity index is 1.69. The molecular formula is C14H14ClN3O4S. The zero-order valence-corrected chi connectivity index (χ0v) is 13.6. The topological polar surface area (TPSA) is 81.5 Å². The Bertz CT molecular complexity index is 820. The van der Waals surface area contributed by atoms with Crippen LogP contribution in [-0.2, 0) is 33.5 Å². The molecule has 2 aromatic rings. The van der Waals surface area contributed by atoms with Gasteiger partial charge < -0.3 is 9.64 Å². The normalized spacial score (nSPS) is 14.4. The summed E-state index contributed by atoms with van der Waals surface area (Å²) in [5, 5.41) is 3.98. The van der Waals surface area contributed by atoms with Crippen molar-refractivity contribution in [2.24, 2.45) is 0 Å². The molecule has 1 aromatic heterocycles. The van der Waals surface area contributed by atoms with Crippen LogP contribution < -0.4 is 0 Å². The molecule has 3 rings (SSSR count). The fourth-order valence-electron chi connectivity index (χ4n) is 2.39. The van der Waals surface area contributed by atoms with Gasteiger partial charge in [-0.3, -0.25) is 4.68 Å². The highest BCUT2D eigenvalue weighted by molar-refractivity contribution is 8.13. The number of aromatic nitrogens is 2. The van der Waals surface area contributed by atoms with E-state index in [9.17, 15) is 13.2 Å². The van der Waals surface area contributed by atoms with Gasteiger partial charge in [-0.25, -0.2) is 13.2 Å². The SMILES string of the molecule is O=C(OCc1ccccc1)N1CCn2ncc(S(=O)(=O)Cl)c2C1. The van der Waals surface area contributed by atoms with Gasteiger partial charge in [0.2, 0.25) is 0 Å². The summed E-state index contributed by atoms with van der Waals surface area (Å²) >= 11 is 0. The molecule has 7 nitrogen and oxygen atoms in total. The molecule has 9 heteroatoms. The molecular weight excluding hydrogens is 342 g/mol. The van der Waals surface area contributed by atoms with Crippen molar-refractivity contribution in [3.63, 3.8) is 0 Å². The van der Waals surface area contributed by atoms with E-state index in [-0.39, 0.29) is 18.0 Å². The predicted octanol–water partition coefficient (Wildman–Crippen LogP) is 1.96. The van der Waals surface area contributed by atoms with Gasteiger partial charge in [-0.1, -0.05) is 30.3 Å². The van der Waals surface area contributed by atoms with Crippen molar-refractivity contribution < 1.29 is 17.9 Å². The molecule has 0 atom stereocenters. The molecule has 1 aromatic carbocycles. The first-order valence-electron chi connectivity index (χ1n) is 6.90. The van der Waals surface area contributed by atoms with E-state index in [0.717, 1.165) is 5.56 Å². The van der Waals surface area contributed by atoms with Crippen LogP contribution in [0.15, 0.2) is 41.4 Å². The number of nitrogens with zero attached hydrogens (tertiary/aromatic N) is 3. The van der Waals surface area contributed by atoms with E-state index in [0.29, 0.717) is 18.8 Å². The predicted molar refractivity (Wildman–Crippen MR) is 82.3 cm³/mol. The van der Waals surface area contributed by atoms with E-state index >= 15 is 0 Å². The van der Waals surface area contributed by atoms with Gasteiger partial charge in [0.05, 0.1) is 25.0 Å². The van der Waals surface area contributed by atoms with Gasteiger partial charge >= 0.3 is 6.09 Å². The van der Waals surface area contributed by atoms with Gasteiger partial charge in [-0.15, -0.1) is 0 Å². The van der Waals surface area contributed by atoms with Crippen LogP contribution >= 0.6 is 10.7 Å². The summed E-state index contributed by atoms with van der Waals surface area (Å²) in [7, 11) is 1.49. The summed E-state index contributed by atoms with van der Waals surface area (Å²) in [4.78, 5) is 13.5. The van der Waals surface area contributed by atoms with Gasteiger partial charge in [-0.2, -0.15) is 5.10 Å². The number of hydrogen-bond acceptors (Lipinski definition) is 5. The Morgan fingerprint density at radius 3 is 2.70 bits per heavy atom. The number of ether oxygens (including phenoxy) is 1. The number of benzene rings is 1.